The van der Waals surface area contributed by atoms with Gasteiger partial charge in [0.15, 0.2) is 0 Å². The van der Waals surface area contributed by atoms with E-state index in [0.717, 1.165) is 0 Å². The number of aromatic hydroxyl groups is 1. The summed E-state index contributed by atoms with van der Waals surface area (Å²) in [5.41, 5.74) is 6.31. The molecule has 0 spiro atoms. The Morgan fingerprint density at radius 2 is 1.59 bits per heavy atom. The second kappa shape index (κ2) is 11.6. The van der Waals surface area contributed by atoms with Crippen molar-refractivity contribution in [2.45, 2.75) is 38.8 Å². The van der Waals surface area contributed by atoms with Crippen LogP contribution in [0.25, 0.3) is 0 Å². The van der Waals surface area contributed by atoms with E-state index in [0.29, 0.717) is 12.0 Å². The van der Waals surface area contributed by atoms with Gasteiger partial charge in [-0.1, -0.05) is 26.0 Å². The van der Waals surface area contributed by atoms with Crippen molar-refractivity contribution in [1.29, 1.82) is 0 Å². The molecule has 10 nitrogen and oxygen atoms in total. The number of carboxylic acid groups (broad SMARTS) is 1. The highest BCUT2D eigenvalue weighted by atomic mass is 16.4. The van der Waals surface area contributed by atoms with Gasteiger partial charge in [-0.05, 0) is 30.0 Å². The SMILES string of the molecule is CC(C)CC(N)C(=O)NCC(=O)NCC(=O)NC(Cc1ccc(O)cc1)C(=O)O. The van der Waals surface area contributed by atoms with Crippen molar-refractivity contribution in [3.8, 4) is 5.75 Å². The van der Waals surface area contributed by atoms with Gasteiger partial charge in [0.05, 0.1) is 19.1 Å². The fourth-order valence-corrected chi connectivity index (χ4v) is 2.47. The van der Waals surface area contributed by atoms with Gasteiger partial charge in [-0.15, -0.1) is 0 Å². The van der Waals surface area contributed by atoms with Crippen molar-refractivity contribution in [1.82, 2.24) is 16.0 Å². The molecular formula is C19H28N4O6. The van der Waals surface area contributed by atoms with Crippen molar-refractivity contribution < 1.29 is 29.4 Å². The maximum Gasteiger partial charge on any atom is 0.326 e. The number of carboxylic acids is 1. The highest BCUT2D eigenvalue weighted by molar-refractivity contribution is 5.90. The number of phenolic OH excluding ortho intramolecular Hbond substituents is 1. The molecule has 10 heteroatoms. The summed E-state index contributed by atoms with van der Waals surface area (Å²) in [5, 5.41) is 25.5. The molecule has 1 rings (SSSR count). The van der Waals surface area contributed by atoms with Crippen molar-refractivity contribution in [2.75, 3.05) is 13.1 Å². The van der Waals surface area contributed by atoms with E-state index in [1.807, 2.05) is 13.8 Å². The molecule has 3 amide bonds. The zero-order valence-corrected chi connectivity index (χ0v) is 16.5. The number of phenols is 1. The van der Waals surface area contributed by atoms with Crippen LogP contribution in [0.5, 0.6) is 5.75 Å². The molecule has 1 aromatic rings. The molecule has 7 N–H and O–H groups in total. The summed E-state index contributed by atoms with van der Waals surface area (Å²) in [7, 11) is 0. The van der Waals surface area contributed by atoms with Crippen LogP contribution >= 0.6 is 0 Å². The third kappa shape index (κ3) is 9.56. The van der Waals surface area contributed by atoms with E-state index in [9.17, 15) is 29.4 Å². The minimum Gasteiger partial charge on any atom is -0.508 e. The van der Waals surface area contributed by atoms with E-state index in [1.54, 1.807) is 12.1 Å². The second-order valence-corrected chi connectivity index (χ2v) is 7.06. The number of nitrogens with one attached hydrogen (secondary N) is 3. The van der Waals surface area contributed by atoms with Crippen LogP contribution in [0.4, 0.5) is 0 Å². The molecule has 2 unspecified atom stereocenters. The summed E-state index contributed by atoms with van der Waals surface area (Å²) in [6, 6.07) is 4.01. The highest BCUT2D eigenvalue weighted by Gasteiger charge is 2.21. The molecule has 1 aromatic carbocycles. The van der Waals surface area contributed by atoms with E-state index < -0.39 is 42.3 Å². The molecule has 0 aliphatic carbocycles. The number of amides is 3. The van der Waals surface area contributed by atoms with E-state index in [4.69, 9.17) is 5.73 Å². The van der Waals surface area contributed by atoms with Gasteiger partial charge in [0.25, 0.3) is 0 Å². The normalized spacial score (nSPS) is 12.7. The topological polar surface area (TPSA) is 171 Å². The molecule has 0 radical (unpaired) electrons. The average molecular weight is 408 g/mol. The molecule has 160 valence electrons. The quantitative estimate of drug-likeness (QED) is 0.276. The fourth-order valence-electron chi connectivity index (χ4n) is 2.47. The number of aliphatic carboxylic acids is 1. The number of benzene rings is 1. The van der Waals surface area contributed by atoms with Crippen LogP contribution in [0, 0.1) is 5.92 Å². The zero-order chi connectivity index (χ0) is 22.0. The maximum absolute atomic E-state index is 11.9. The lowest BCUT2D eigenvalue weighted by Gasteiger charge is -2.16. The zero-order valence-electron chi connectivity index (χ0n) is 16.5. The van der Waals surface area contributed by atoms with Crippen molar-refractivity contribution in [3.05, 3.63) is 29.8 Å². The molecule has 0 heterocycles. The first kappa shape index (κ1) is 23.9. The van der Waals surface area contributed by atoms with Crippen molar-refractivity contribution in [3.63, 3.8) is 0 Å². The average Bonchev–Trinajstić information content (AvgIpc) is 2.64. The number of carbonyl (C=O) groups excluding carboxylic acids is 3. The van der Waals surface area contributed by atoms with Gasteiger partial charge in [-0.25, -0.2) is 4.79 Å². The molecule has 0 fully saturated rings. The molecule has 0 aliphatic heterocycles. The number of hydrogen-bond acceptors (Lipinski definition) is 6. The number of carbonyl (C=O) groups is 4. The van der Waals surface area contributed by atoms with Gasteiger partial charge < -0.3 is 31.9 Å². The van der Waals surface area contributed by atoms with Crippen LogP contribution < -0.4 is 21.7 Å². The van der Waals surface area contributed by atoms with E-state index in [2.05, 4.69) is 16.0 Å². The Morgan fingerprint density at radius 3 is 2.14 bits per heavy atom. The van der Waals surface area contributed by atoms with Crippen molar-refractivity contribution >= 4 is 23.7 Å². The molecule has 0 saturated heterocycles. The minimum atomic E-state index is -1.23. The largest absolute Gasteiger partial charge is 0.508 e. The molecule has 29 heavy (non-hydrogen) atoms. The van der Waals surface area contributed by atoms with E-state index >= 15 is 0 Å². The number of rotatable bonds is 11. The Morgan fingerprint density at radius 1 is 1.00 bits per heavy atom. The number of hydrogen-bond donors (Lipinski definition) is 6. The maximum atomic E-state index is 11.9. The Kier molecular flexibility index (Phi) is 9.60. The smallest absolute Gasteiger partial charge is 0.326 e. The van der Waals surface area contributed by atoms with Crippen LogP contribution in [-0.4, -0.2) is 59.1 Å². The summed E-state index contributed by atoms with van der Waals surface area (Å²) >= 11 is 0. The Balaban J connectivity index is 2.41. The summed E-state index contributed by atoms with van der Waals surface area (Å²) in [6.07, 6.45) is 0.493. The Hall–Kier alpha value is -3.14. The highest BCUT2D eigenvalue weighted by Crippen LogP contribution is 2.11. The van der Waals surface area contributed by atoms with Gasteiger partial charge in [0.2, 0.25) is 17.7 Å². The van der Waals surface area contributed by atoms with Gasteiger partial charge in [-0.3, -0.25) is 14.4 Å². The lowest BCUT2D eigenvalue weighted by molar-refractivity contribution is -0.141. The van der Waals surface area contributed by atoms with E-state index in [-0.39, 0.29) is 24.6 Å². The van der Waals surface area contributed by atoms with Crippen molar-refractivity contribution in [2.24, 2.45) is 11.7 Å². The molecule has 0 bridgehead atoms. The third-order valence-electron chi connectivity index (χ3n) is 3.94. The van der Waals surface area contributed by atoms with Crippen LogP contribution in [0.15, 0.2) is 24.3 Å². The van der Waals surface area contributed by atoms with Crippen LogP contribution in [-0.2, 0) is 25.6 Å². The first-order chi connectivity index (χ1) is 13.6. The Bertz CT molecular complexity index is 720. The number of nitrogens with two attached hydrogens (primary N) is 1. The molecule has 0 saturated carbocycles. The van der Waals surface area contributed by atoms with Gasteiger partial charge in [-0.2, -0.15) is 0 Å². The minimum absolute atomic E-state index is 0.0130. The van der Waals surface area contributed by atoms with Gasteiger partial charge in [0.1, 0.15) is 11.8 Å². The predicted octanol–water partition coefficient (Wildman–Crippen LogP) is -0.890. The van der Waals surface area contributed by atoms with Gasteiger partial charge in [0, 0.05) is 6.42 Å². The molecule has 0 aromatic heterocycles. The standard InChI is InChI=1S/C19H28N4O6/c1-11(2)7-14(20)18(27)22-9-16(25)21-10-17(26)23-15(19(28)29)8-12-3-5-13(24)6-4-12/h3-6,11,14-15,24H,7-10,20H2,1-2H3,(H,21,25)(H,22,27)(H,23,26)(H,28,29). The second-order valence-electron chi connectivity index (χ2n) is 7.06. The first-order valence-corrected chi connectivity index (χ1v) is 9.18. The first-order valence-electron chi connectivity index (χ1n) is 9.18. The molecule has 0 aliphatic rings. The van der Waals surface area contributed by atoms with Crippen LogP contribution in [0.1, 0.15) is 25.8 Å². The summed E-state index contributed by atoms with van der Waals surface area (Å²) in [4.78, 5) is 46.8. The van der Waals surface area contributed by atoms with Gasteiger partial charge >= 0.3 is 5.97 Å². The third-order valence-corrected chi connectivity index (χ3v) is 3.94. The van der Waals surface area contributed by atoms with E-state index in [1.165, 1.54) is 12.1 Å². The molecular weight excluding hydrogens is 380 g/mol. The predicted molar refractivity (Wildman–Crippen MR) is 105 cm³/mol. The van der Waals surface area contributed by atoms with Crippen LogP contribution in [0.2, 0.25) is 0 Å². The summed E-state index contributed by atoms with van der Waals surface area (Å²) in [6.45, 7) is 3.06. The Labute approximate surface area is 168 Å². The summed E-state index contributed by atoms with van der Waals surface area (Å²) in [5.74, 6) is -2.70. The lowest BCUT2D eigenvalue weighted by Crippen LogP contribution is -2.49. The monoisotopic (exact) mass is 408 g/mol. The molecule has 2 atom stereocenters. The lowest BCUT2D eigenvalue weighted by atomic mass is 10.0. The summed E-state index contributed by atoms with van der Waals surface area (Å²) < 4.78 is 0. The van der Waals surface area contributed by atoms with Crippen LogP contribution in [0.3, 0.4) is 0 Å². The fraction of sp³-hybridized carbons (Fsp3) is 0.474.